The van der Waals surface area contributed by atoms with Crippen molar-refractivity contribution in [3.8, 4) is 11.5 Å². The van der Waals surface area contributed by atoms with Gasteiger partial charge in [0, 0.05) is 18.2 Å². The molecule has 3 aromatic rings. The zero-order valence-corrected chi connectivity index (χ0v) is 18.9. The summed E-state index contributed by atoms with van der Waals surface area (Å²) in [7, 11) is 0. The number of nitrogens with zero attached hydrogens (tertiary/aromatic N) is 2. The zero-order valence-electron chi connectivity index (χ0n) is 18.9. The van der Waals surface area contributed by atoms with Gasteiger partial charge in [-0.2, -0.15) is 0 Å². The molecule has 1 N–H and O–H groups in total. The number of carbonyl (C=O) groups is 2. The topological polar surface area (TPSA) is 89.0 Å². The van der Waals surface area contributed by atoms with Gasteiger partial charge >= 0.3 is 5.91 Å². The Kier molecular flexibility index (Phi) is 5.53. The van der Waals surface area contributed by atoms with Gasteiger partial charge in [-0.3, -0.25) is 14.5 Å². The minimum Gasteiger partial charge on any atom is -0.507 e. The van der Waals surface area contributed by atoms with Crippen molar-refractivity contribution >= 4 is 23.3 Å². The van der Waals surface area contributed by atoms with Gasteiger partial charge in [-0.1, -0.05) is 18.2 Å². The Morgan fingerprint density at radius 1 is 1.15 bits per heavy atom. The fourth-order valence-corrected chi connectivity index (χ4v) is 4.52. The Morgan fingerprint density at radius 3 is 2.65 bits per heavy atom. The van der Waals surface area contributed by atoms with Crippen LogP contribution in [-0.2, 0) is 16.0 Å². The molecule has 34 heavy (non-hydrogen) atoms. The number of pyridine rings is 1. The highest BCUT2D eigenvalue weighted by Crippen LogP contribution is 2.42. The van der Waals surface area contributed by atoms with Crippen molar-refractivity contribution in [1.29, 1.82) is 0 Å². The SMILES string of the molecule is CCOc1ccc(C2C(=C(O)c3ccc4c(c3)CC(C)O4)C(=O)C(=O)N2c2ccccn2)cc1. The first-order valence-corrected chi connectivity index (χ1v) is 11.2. The highest BCUT2D eigenvalue weighted by Gasteiger charge is 2.47. The fraction of sp³-hybridized carbons (Fsp3) is 0.222. The third-order valence-electron chi connectivity index (χ3n) is 6.02. The number of carbonyl (C=O) groups excluding carboxylic acids is 2. The molecule has 1 fully saturated rings. The molecule has 1 saturated heterocycles. The van der Waals surface area contributed by atoms with E-state index in [0.717, 1.165) is 11.3 Å². The number of aliphatic hydroxyl groups is 1. The summed E-state index contributed by atoms with van der Waals surface area (Å²) in [5, 5.41) is 11.3. The second kappa shape index (κ2) is 8.67. The lowest BCUT2D eigenvalue weighted by Gasteiger charge is -2.24. The van der Waals surface area contributed by atoms with Crippen LogP contribution in [0, 0.1) is 0 Å². The van der Waals surface area contributed by atoms with E-state index in [0.29, 0.717) is 35.7 Å². The normalized spacial score (nSPS) is 20.8. The molecular weight excluding hydrogens is 432 g/mol. The Hall–Kier alpha value is -4.13. The van der Waals surface area contributed by atoms with Crippen LogP contribution in [-0.4, -0.2) is 34.5 Å². The average molecular weight is 456 g/mol. The lowest BCUT2D eigenvalue weighted by atomic mass is 9.94. The maximum atomic E-state index is 13.3. The van der Waals surface area contributed by atoms with Crippen LogP contribution in [0.15, 0.2) is 72.4 Å². The highest BCUT2D eigenvalue weighted by molar-refractivity contribution is 6.51. The van der Waals surface area contributed by atoms with Crippen molar-refractivity contribution < 1.29 is 24.2 Å². The molecule has 5 rings (SSSR count). The predicted octanol–water partition coefficient (Wildman–Crippen LogP) is 4.43. The number of aromatic nitrogens is 1. The summed E-state index contributed by atoms with van der Waals surface area (Å²) in [4.78, 5) is 32.1. The van der Waals surface area contributed by atoms with E-state index < -0.39 is 17.7 Å². The van der Waals surface area contributed by atoms with E-state index in [4.69, 9.17) is 9.47 Å². The van der Waals surface area contributed by atoms with Crippen LogP contribution in [0.3, 0.4) is 0 Å². The number of ketones is 1. The Bertz CT molecular complexity index is 1280. The first kappa shape index (κ1) is 21.7. The van der Waals surface area contributed by atoms with E-state index in [1.807, 2.05) is 19.9 Å². The number of benzene rings is 2. The summed E-state index contributed by atoms with van der Waals surface area (Å²) >= 11 is 0. The van der Waals surface area contributed by atoms with Crippen LogP contribution >= 0.6 is 0 Å². The number of aliphatic hydroxyl groups excluding tert-OH is 1. The smallest absolute Gasteiger partial charge is 0.301 e. The van der Waals surface area contributed by atoms with Gasteiger partial charge in [-0.25, -0.2) is 4.98 Å². The summed E-state index contributed by atoms with van der Waals surface area (Å²) in [6, 6.07) is 16.8. The largest absolute Gasteiger partial charge is 0.507 e. The molecule has 0 saturated carbocycles. The van der Waals surface area contributed by atoms with Crippen molar-refractivity contribution in [3.63, 3.8) is 0 Å². The summed E-state index contributed by atoms with van der Waals surface area (Å²) in [5.41, 5.74) is 2.10. The molecule has 2 atom stereocenters. The van der Waals surface area contributed by atoms with Crippen LogP contribution in [0.5, 0.6) is 11.5 Å². The summed E-state index contributed by atoms with van der Waals surface area (Å²) < 4.78 is 11.3. The number of ether oxygens (including phenoxy) is 2. The van der Waals surface area contributed by atoms with Gasteiger partial charge in [0.2, 0.25) is 0 Å². The van der Waals surface area contributed by atoms with E-state index in [2.05, 4.69) is 4.98 Å². The van der Waals surface area contributed by atoms with E-state index in [1.165, 1.54) is 4.90 Å². The van der Waals surface area contributed by atoms with E-state index in [1.54, 1.807) is 60.8 Å². The Labute approximate surface area is 197 Å². The van der Waals surface area contributed by atoms with E-state index in [-0.39, 0.29) is 17.4 Å². The number of fused-ring (bicyclic) bond motifs is 1. The number of rotatable bonds is 5. The highest BCUT2D eigenvalue weighted by atomic mass is 16.5. The summed E-state index contributed by atoms with van der Waals surface area (Å²) in [5.74, 6) is 0.0518. The molecule has 0 radical (unpaired) electrons. The van der Waals surface area contributed by atoms with Gasteiger partial charge in [0.1, 0.15) is 29.2 Å². The molecule has 0 aliphatic carbocycles. The quantitative estimate of drug-likeness (QED) is 0.347. The first-order chi connectivity index (χ1) is 16.5. The van der Waals surface area contributed by atoms with Crippen LogP contribution in [0.4, 0.5) is 5.82 Å². The number of hydrogen-bond donors (Lipinski definition) is 1. The van der Waals surface area contributed by atoms with Gasteiger partial charge in [0.05, 0.1) is 18.2 Å². The van der Waals surface area contributed by atoms with Gasteiger partial charge in [-0.15, -0.1) is 0 Å². The molecule has 7 nitrogen and oxygen atoms in total. The molecule has 0 bridgehead atoms. The lowest BCUT2D eigenvalue weighted by molar-refractivity contribution is -0.132. The van der Waals surface area contributed by atoms with Crippen molar-refractivity contribution in [2.45, 2.75) is 32.4 Å². The van der Waals surface area contributed by atoms with Crippen molar-refractivity contribution in [2.75, 3.05) is 11.5 Å². The van der Waals surface area contributed by atoms with Crippen LogP contribution in [0.25, 0.3) is 5.76 Å². The second-order valence-electron chi connectivity index (χ2n) is 8.31. The van der Waals surface area contributed by atoms with Gasteiger partial charge in [-0.05, 0) is 67.4 Å². The molecule has 3 heterocycles. The van der Waals surface area contributed by atoms with Gasteiger partial charge in [0.15, 0.2) is 0 Å². The second-order valence-corrected chi connectivity index (χ2v) is 8.31. The summed E-state index contributed by atoms with van der Waals surface area (Å²) in [6.45, 7) is 4.39. The van der Waals surface area contributed by atoms with Crippen LogP contribution < -0.4 is 14.4 Å². The Morgan fingerprint density at radius 2 is 1.94 bits per heavy atom. The zero-order chi connectivity index (χ0) is 23.8. The average Bonchev–Trinajstić information content (AvgIpc) is 3.35. The molecule has 2 unspecified atom stereocenters. The fourth-order valence-electron chi connectivity index (χ4n) is 4.52. The third-order valence-corrected chi connectivity index (χ3v) is 6.02. The number of hydrogen-bond acceptors (Lipinski definition) is 6. The molecule has 2 aliphatic heterocycles. The minimum absolute atomic E-state index is 0.0201. The lowest BCUT2D eigenvalue weighted by Crippen LogP contribution is -2.30. The predicted molar refractivity (Wildman–Crippen MR) is 127 cm³/mol. The molecule has 172 valence electrons. The molecular formula is C27H24N2O5. The third kappa shape index (κ3) is 3.69. The number of Topliss-reactive ketones (excluding diaryl/α,β-unsaturated/α-hetero) is 1. The molecule has 1 aromatic heterocycles. The molecule has 7 heteroatoms. The maximum Gasteiger partial charge on any atom is 0.301 e. The Balaban J connectivity index is 1.65. The van der Waals surface area contributed by atoms with Gasteiger partial charge in [0.25, 0.3) is 5.78 Å². The molecule has 2 aliphatic rings. The maximum absolute atomic E-state index is 13.3. The van der Waals surface area contributed by atoms with Crippen molar-refractivity contribution in [1.82, 2.24) is 4.98 Å². The van der Waals surface area contributed by atoms with E-state index >= 15 is 0 Å². The molecule has 0 spiro atoms. The van der Waals surface area contributed by atoms with Crippen molar-refractivity contribution in [3.05, 3.63) is 89.1 Å². The molecule has 2 aromatic carbocycles. The minimum atomic E-state index is -0.839. The van der Waals surface area contributed by atoms with Crippen LogP contribution in [0.2, 0.25) is 0 Å². The van der Waals surface area contributed by atoms with Crippen molar-refractivity contribution in [2.24, 2.45) is 0 Å². The summed E-state index contributed by atoms with van der Waals surface area (Å²) in [6.07, 6.45) is 2.32. The monoisotopic (exact) mass is 456 g/mol. The number of amides is 1. The first-order valence-electron chi connectivity index (χ1n) is 11.2. The van der Waals surface area contributed by atoms with Gasteiger partial charge < -0.3 is 14.6 Å². The van der Waals surface area contributed by atoms with Crippen LogP contribution in [0.1, 0.15) is 36.6 Å². The standard InChI is InChI=1S/C27H24N2O5/c1-3-33-20-10-7-17(8-11-20)24-23(26(31)27(32)29(24)22-6-4-5-13-28-22)25(30)18-9-12-21-19(15-18)14-16(2)34-21/h4-13,15-16,24,30H,3,14H2,1-2H3. The number of anilines is 1. The molecule has 1 amide bonds. The van der Waals surface area contributed by atoms with E-state index in [9.17, 15) is 14.7 Å².